The van der Waals surface area contributed by atoms with Crippen molar-refractivity contribution in [2.24, 2.45) is 0 Å². The second-order valence-corrected chi connectivity index (χ2v) is 0. The van der Waals surface area contributed by atoms with Crippen LogP contribution in [0.2, 0.25) is 0 Å². The van der Waals surface area contributed by atoms with Crippen LogP contribution in [0.15, 0.2) is 0 Å². The molecule has 0 aliphatic heterocycles. The van der Waals surface area contributed by atoms with Crippen molar-refractivity contribution in [3.05, 3.63) is 0 Å². The topological polar surface area (TPSA) is 0 Å². The van der Waals surface area contributed by atoms with E-state index >= 15 is 0 Å². The normalized spacial score (nSPS) is 0. The molecule has 0 heterocycles. The van der Waals surface area contributed by atoms with Gasteiger partial charge in [0.25, 0.3) is 0 Å². The first-order chi connectivity index (χ1) is 0. The minimum atomic E-state index is 0. The van der Waals surface area contributed by atoms with Gasteiger partial charge in [0.05, 0.1) is 0 Å². The Balaban J connectivity index is 0. The molecule has 0 amide bonds. The van der Waals surface area contributed by atoms with E-state index in [1.165, 1.54) is 0 Å². The first kappa shape index (κ1) is 28.8. The summed E-state index contributed by atoms with van der Waals surface area (Å²) in [6.45, 7) is 0. The average Bonchev–Trinajstić information content (AvgIpc) is 0. The average molecular weight is 567 g/mol. The summed E-state index contributed by atoms with van der Waals surface area (Å²) in [7, 11) is 0. The molecule has 0 saturated carbocycles. The van der Waals surface area contributed by atoms with Gasteiger partial charge >= 0.3 is 0 Å². The Morgan fingerprint density at radius 1 is 0.500 bits per heavy atom. The maximum atomic E-state index is 0. The Morgan fingerprint density at radius 2 is 0.500 bits per heavy atom. The molecule has 0 aromatic rings. The van der Waals surface area contributed by atoms with Crippen molar-refractivity contribution < 1.29 is 92.4 Å². The molecule has 4 heteroatoms. The SMILES string of the molecule is [I-].[I-].[I-].[Re]. The molecule has 1 radical (unpaired) electrons. The Bertz CT molecular complexity index is 3.25. The van der Waals surface area contributed by atoms with E-state index in [0.29, 0.717) is 0 Å². The summed E-state index contributed by atoms with van der Waals surface area (Å²) in [6.07, 6.45) is 0. The molecular formula is I3Re-3. The Hall–Kier alpha value is 2.85. The van der Waals surface area contributed by atoms with Gasteiger partial charge in [-0.15, -0.1) is 0 Å². The zero-order valence-corrected chi connectivity index (χ0v) is 10.7. The van der Waals surface area contributed by atoms with Crippen molar-refractivity contribution in [1.82, 2.24) is 0 Å². The van der Waals surface area contributed by atoms with Gasteiger partial charge in [0.1, 0.15) is 0 Å². The van der Waals surface area contributed by atoms with E-state index in [2.05, 4.69) is 0 Å². The second-order valence-electron chi connectivity index (χ2n) is 0. The second kappa shape index (κ2) is 16.9. The van der Waals surface area contributed by atoms with E-state index < -0.39 is 0 Å². The van der Waals surface area contributed by atoms with Crippen LogP contribution in [-0.2, 0) is 20.4 Å². The zero-order chi connectivity index (χ0) is 0. The largest absolute Gasteiger partial charge is 1.00 e. The summed E-state index contributed by atoms with van der Waals surface area (Å²) in [5.74, 6) is 0. The van der Waals surface area contributed by atoms with Gasteiger partial charge in [-0.05, 0) is 0 Å². The molecule has 0 rings (SSSR count). The first-order valence-electron chi connectivity index (χ1n) is 0. The predicted octanol–water partition coefficient (Wildman–Crippen LogP) is -8.99. The van der Waals surface area contributed by atoms with Crippen LogP contribution in [0.3, 0.4) is 0 Å². The maximum Gasteiger partial charge on any atom is 0 e. The van der Waals surface area contributed by atoms with Gasteiger partial charge in [-0.1, -0.05) is 0 Å². The Morgan fingerprint density at radius 3 is 0.500 bits per heavy atom. The van der Waals surface area contributed by atoms with E-state index in [9.17, 15) is 0 Å². The first-order valence-corrected chi connectivity index (χ1v) is 0. The third kappa shape index (κ3) is 8.85. The zero-order valence-electron chi connectivity index (χ0n) is 1.51. The van der Waals surface area contributed by atoms with Gasteiger partial charge in [0, 0.05) is 20.4 Å². The summed E-state index contributed by atoms with van der Waals surface area (Å²) >= 11 is 0. The van der Waals surface area contributed by atoms with Crippen LogP contribution < -0.4 is 71.9 Å². The van der Waals surface area contributed by atoms with E-state index in [1.54, 1.807) is 0 Å². The minimum absolute atomic E-state index is 0. The van der Waals surface area contributed by atoms with E-state index in [0.717, 1.165) is 0 Å². The van der Waals surface area contributed by atoms with Crippen LogP contribution in [0, 0.1) is 0 Å². The number of hydrogen-bond acceptors (Lipinski definition) is 0. The van der Waals surface area contributed by atoms with E-state index in [-0.39, 0.29) is 92.4 Å². The predicted molar refractivity (Wildman–Crippen MR) is 0 cm³/mol. The van der Waals surface area contributed by atoms with E-state index in [1.807, 2.05) is 0 Å². The third-order valence-corrected chi connectivity index (χ3v) is 0. The molecule has 0 atom stereocenters. The fourth-order valence-corrected chi connectivity index (χ4v) is 0. The van der Waals surface area contributed by atoms with Crippen molar-refractivity contribution in [2.75, 3.05) is 0 Å². The number of rotatable bonds is 0. The fourth-order valence-electron chi connectivity index (χ4n) is 0. The standard InChI is InChI=1S/3HI.Re/h3*1H;/p-3. The molecule has 0 saturated heterocycles. The summed E-state index contributed by atoms with van der Waals surface area (Å²) in [5, 5.41) is 0. The fraction of sp³-hybridized carbons (Fsp3) is 0. The smallest absolute Gasteiger partial charge is 0 e. The summed E-state index contributed by atoms with van der Waals surface area (Å²) in [4.78, 5) is 0. The molecule has 0 N–H and O–H groups in total. The van der Waals surface area contributed by atoms with Gasteiger partial charge in [-0.25, -0.2) is 0 Å². The molecule has 0 unspecified atom stereocenters. The van der Waals surface area contributed by atoms with Crippen LogP contribution in [0.5, 0.6) is 0 Å². The number of halogens is 3. The van der Waals surface area contributed by atoms with E-state index in [4.69, 9.17) is 0 Å². The molecule has 0 aromatic carbocycles. The molecule has 0 aliphatic rings. The summed E-state index contributed by atoms with van der Waals surface area (Å²) in [5.41, 5.74) is 0. The number of hydrogen-bond donors (Lipinski definition) is 0. The molecule has 4 heavy (non-hydrogen) atoms. The molecule has 0 spiro atoms. The molecular weight excluding hydrogens is 567 g/mol. The van der Waals surface area contributed by atoms with Crippen molar-refractivity contribution in [3.63, 3.8) is 0 Å². The Kier molecular flexibility index (Phi) is 122. The van der Waals surface area contributed by atoms with Crippen molar-refractivity contribution in [3.8, 4) is 0 Å². The minimum Gasteiger partial charge on any atom is -1.00 e. The van der Waals surface area contributed by atoms with Crippen molar-refractivity contribution in [2.45, 2.75) is 0 Å². The monoisotopic (exact) mass is 568 g/mol. The van der Waals surface area contributed by atoms with Crippen LogP contribution in [0.1, 0.15) is 0 Å². The van der Waals surface area contributed by atoms with Gasteiger partial charge in [-0.2, -0.15) is 0 Å². The van der Waals surface area contributed by atoms with Crippen LogP contribution in [-0.4, -0.2) is 0 Å². The van der Waals surface area contributed by atoms with Crippen molar-refractivity contribution >= 4 is 0 Å². The maximum absolute atomic E-state index is 0. The van der Waals surface area contributed by atoms with Gasteiger partial charge in [0.2, 0.25) is 0 Å². The van der Waals surface area contributed by atoms with Crippen LogP contribution in [0.4, 0.5) is 0 Å². The summed E-state index contributed by atoms with van der Waals surface area (Å²) in [6, 6.07) is 0. The van der Waals surface area contributed by atoms with Crippen LogP contribution in [0.25, 0.3) is 0 Å². The molecule has 0 aliphatic carbocycles. The molecule has 0 aromatic heterocycles. The van der Waals surface area contributed by atoms with Gasteiger partial charge in [-0.3, -0.25) is 0 Å². The van der Waals surface area contributed by atoms with Gasteiger partial charge in [0.15, 0.2) is 0 Å². The van der Waals surface area contributed by atoms with Crippen LogP contribution >= 0.6 is 0 Å². The van der Waals surface area contributed by atoms with Crippen molar-refractivity contribution in [1.29, 1.82) is 0 Å². The Labute approximate surface area is 90.6 Å². The summed E-state index contributed by atoms with van der Waals surface area (Å²) < 4.78 is 0. The quantitative estimate of drug-likeness (QED) is 0.256. The molecule has 0 bridgehead atoms. The molecule has 0 fully saturated rings. The third-order valence-electron chi connectivity index (χ3n) is 0. The van der Waals surface area contributed by atoms with Gasteiger partial charge < -0.3 is 71.9 Å². The molecule has 31 valence electrons. The molecule has 0 nitrogen and oxygen atoms in total.